The monoisotopic (exact) mass is 396 g/mol. The van der Waals surface area contributed by atoms with Crippen molar-refractivity contribution in [1.82, 2.24) is 5.32 Å². The first-order chi connectivity index (χ1) is 13.5. The van der Waals surface area contributed by atoms with Crippen molar-refractivity contribution in [1.29, 1.82) is 0 Å². The van der Waals surface area contributed by atoms with E-state index in [-0.39, 0.29) is 17.8 Å². The minimum absolute atomic E-state index is 0.310. The number of amides is 2. The first-order valence-corrected chi connectivity index (χ1v) is 9.67. The standard InChI is InChI=1S/C21H20N2O4S/c1-3-27-21(26)18-12-15-11-16(9-10-17(15)28-18)23-19(24)13(2)22-20(25)14-7-5-4-6-8-14/h4-13H,3H2,1-2H3,(H,22,25)(H,23,24)/t13-/m1/s1. The molecule has 6 nitrogen and oxygen atoms in total. The van der Waals surface area contributed by atoms with Crippen LogP contribution in [-0.2, 0) is 9.53 Å². The van der Waals surface area contributed by atoms with Crippen LogP contribution >= 0.6 is 11.3 Å². The van der Waals surface area contributed by atoms with Crippen LogP contribution in [0.1, 0.15) is 33.9 Å². The van der Waals surface area contributed by atoms with Gasteiger partial charge in [-0.2, -0.15) is 0 Å². The maximum absolute atomic E-state index is 12.4. The fourth-order valence-corrected chi connectivity index (χ4v) is 3.55. The number of carbonyl (C=O) groups is 3. The van der Waals surface area contributed by atoms with E-state index in [0.717, 1.165) is 10.1 Å². The molecule has 0 fully saturated rings. The molecule has 0 bridgehead atoms. The molecule has 2 N–H and O–H groups in total. The van der Waals surface area contributed by atoms with Gasteiger partial charge >= 0.3 is 5.97 Å². The summed E-state index contributed by atoms with van der Waals surface area (Å²) in [5.41, 5.74) is 1.08. The molecule has 7 heteroatoms. The fourth-order valence-electron chi connectivity index (χ4n) is 2.61. The van der Waals surface area contributed by atoms with E-state index < -0.39 is 6.04 Å². The maximum atomic E-state index is 12.4. The van der Waals surface area contributed by atoms with Crippen molar-refractivity contribution in [3.05, 3.63) is 65.0 Å². The molecule has 144 valence electrons. The molecule has 0 radical (unpaired) electrons. The lowest BCUT2D eigenvalue weighted by Crippen LogP contribution is -2.41. The van der Waals surface area contributed by atoms with Gasteiger partial charge in [0, 0.05) is 16.0 Å². The molecule has 3 aromatic rings. The summed E-state index contributed by atoms with van der Waals surface area (Å²) in [5, 5.41) is 6.31. The number of rotatable bonds is 6. The van der Waals surface area contributed by atoms with Gasteiger partial charge in [-0.25, -0.2) is 4.79 Å². The Hall–Kier alpha value is -3.19. The van der Waals surface area contributed by atoms with Crippen LogP contribution < -0.4 is 10.6 Å². The van der Waals surface area contributed by atoms with Crippen LogP contribution in [0.5, 0.6) is 0 Å². The Morgan fingerprint density at radius 1 is 1.07 bits per heavy atom. The minimum atomic E-state index is -0.707. The number of esters is 1. The van der Waals surface area contributed by atoms with Crippen LogP contribution in [0.25, 0.3) is 10.1 Å². The number of ether oxygens (including phenoxy) is 1. The molecule has 0 spiro atoms. The zero-order valence-electron chi connectivity index (χ0n) is 15.5. The maximum Gasteiger partial charge on any atom is 0.348 e. The van der Waals surface area contributed by atoms with Gasteiger partial charge in [0.2, 0.25) is 5.91 Å². The van der Waals surface area contributed by atoms with Crippen molar-refractivity contribution in [3.63, 3.8) is 0 Å². The van der Waals surface area contributed by atoms with Gasteiger partial charge in [0.05, 0.1) is 6.61 Å². The quantitative estimate of drug-likeness (QED) is 0.620. The van der Waals surface area contributed by atoms with Crippen molar-refractivity contribution in [2.45, 2.75) is 19.9 Å². The van der Waals surface area contributed by atoms with Gasteiger partial charge < -0.3 is 15.4 Å². The summed E-state index contributed by atoms with van der Waals surface area (Å²) in [4.78, 5) is 37.0. The summed E-state index contributed by atoms with van der Waals surface area (Å²) in [6, 6.07) is 15.1. The van der Waals surface area contributed by atoms with Gasteiger partial charge in [-0.15, -0.1) is 11.3 Å². The Balaban J connectivity index is 1.66. The highest BCUT2D eigenvalue weighted by molar-refractivity contribution is 7.20. The second kappa shape index (κ2) is 8.67. The van der Waals surface area contributed by atoms with Crippen LogP contribution in [0.3, 0.4) is 0 Å². The first kappa shape index (κ1) is 19.6. The molecule has 2 amide bonds. The van der Waals surface area contributed by atoms with Gasteiger partial charge in [0.25, 0.3) is 5.91 Å². The average Bonchev–Trinajstić information content (AvgIpc) is 3.12. The van der Waals surface area contributed by atoms with Crippen LogP contribution in [0.4, 0.5) is 5.69 Å². The number of hydrogen-bond acceptors (Lipinski definition) is 5. The largest absolute Gasteiger partial charge is 0.462 e. The lowest BCUT2D eigenvalue weighted by atomic mass is 10.2. The predicted octanol–water partition coefficient (Wildman–Crippen LogP) is 3.84. The van der Waals surface area contributed by atoms with E-state index in [9.17, 15) is 14.4 Å². The Labute approximate surface area is 166 Å². The molecule has 1 heterocycles. The lowest BCUT2D eigenvalue weighted by molar-refractivity contribution is -0.117. The molecule has 1 atom stereocenters. The first-order valence-electron chi connectivity index (χ1n) is 8.85. The highest BCUT2D eigenvalue weighted by Gasteiger charge is 2.17. The molecule has 1 aromatic heterocycles. The molecule has 0 aliphatic carbocycles. The van der Waals surface area contributed by atoms with E-state index in [0.29, 0.717) is 22.7 Å². The fraction of sp³-hybridized carbons (Fsp3) is 0.190. The van der Waals surface area contributed by atoms with E-state index in [4.69, 9.17) is 4.74 Å². The Kier molecular flexibility index (Phi) is 6.06. The number of thiophene rings is 1. The number of nitrogens with one attached hydrogen (secondary N) is 2. The average molecular weight is 396 g/mol. The summed E-state index contributed by atoms with van der Waals surface area (Å²) in [5.74, 6) is -0.994. The smallest absolute Gasteiger partial charge is 0.348 e. The zero-order valence-corrected chi connectivity index (χ0v) is 16.3. The van der Waals surface area contributed by atoms with E-state index in [2.05, 4.69) is 10.6 Å². The van der Waals surface area contributed by atoms with Crippen molar-refractivity contribution < 1.29 is 19.1 Å². The van der Waals surface area contributed by atoms with E-state index in [1.165, 1.54) is 11.3 Å². The van der Waals surface area contributed by atoms with Gasteiger partial charge in [0.15, 0.2) is 0 Å². The van der Waals surface area contributed by atoms with Crippen LogP contribution in [0.2, 0.25) is 0 Å². The molecule has 0 unspecified atom stereocenters. The molecule has 2 aromatic carbocycles. The molecular weight excluding hydrogens is 376 g/mol. The Morgan fingerprint density at radius 2 is 1.82 bits per heavy atom. The number of anilines is 1. The third-order valence-electron chi connectivity index (χ3n) is 4.04. The Bertz CT molecular complexity index is 1010. The number of hydrogen-bond donors (Lipinski definition) is 2. The normalized spacial score (nSPS) is 11.6. The van der Waals surface area contributed by atoms with Crippen LogP contribution in [0, 0.1) is 0 Å². The zero-order chi connectivity index (χ0) is 20.1. The third kappa shape index (κ3) is 4.55. The molecule has 0 aliphatic heterocycles. The van der Waals surface area contributed by atoms with E-state index >= 15 is 0 Å². The minimum Gasteiger partial charge on any atom is -0.462 e. The van der Waals surface area contributed by atoms with Crippen LogP contribution in [-0.4, -0.2) is 30.4 Å². The Morgan fingerprint density at radius 3 is 2.54 bits per heavy atom. The van der Waals surface area contributed by atoms with Crippen molar-refractivity contribution >= 4 is 44.9 Å². The second-order valence-corrected chi connectivity index (χ2v) is 7.22. The molecule has 3 rings (SSSR count). The lowest BCUT2D eigenvalue weighted by Gasteiger charge is -2.14. The number of carbonyl (C=O) groups excluding carboxylic acids is 3. The summed E-state index contributed by atoms with van der Waals surface area (Å²) >= 11 is 1.34. The van der Waals surface area contributed by atoms with Crippen molar-refractivity contribution in [2.24, 2.45) is 0 Å². The molecule has 28 heavy (non-hydrogen) atoms. The summed E-state index contributed by atoms with van der Waals surface area (Å²) in [6.45, 7) is 3.70. The third-order valence-corrected chi connectivity index (χ3v) is 5.13. The topological polar surface area (TPSA) is 84.5 Å². The number of benzene rings is 2. The van der Waals surface area contributed by atoms with E-state index in [1.807, 2.05) is 12.1 Å². The molecule has 0 saturated carbocycles. The van der Waals surface area contributed by atoms with Gasteiger partial charge in [0.1, 0.15) is 10.9 Å². The highest BCUT2D eigenvalue weighted by Crippen LogP contribution is 2.28. The van der Waals surface area contributed by atoms with Gasteiger partial charge in [-0.1, -0.05) is 18.2 Å². The van der Waals surface area contributed by atoms with Crippen molar-refractivity contribution in [3.8, 4) is 0 Å². The summed E-state index contributed by atoms with van der Waals surface area (Å²) in [6.07, 6.45) is 0. The van der Waals surface area contributed by atoms with E-state index in [1.54, 1.807) is 56.3 Å². The molecule has 0 saturated heterocycles. The molecule has 0 aliphatic rings. The SMILES string of the molecule is CCOC(=O)c1cc2cc(NC(=O)[C@@H](C)NC(=O)c3ccccc3)ccc2s1. The summed E-state index contributed by atoms with van der Waals surface area (Å²) in [7, 11) is 0. The van der Waals surface area contributed by atoms with Gasteiger partial charge in [-0.05, 0) is 55.6 Å². The van der Waals surface area contributed by atoms with Crippen LogP contribution in [0.15, 0.2) is 54.6 Å². The molecular formula is C21H20N2O4S. The predicted molar refractivity (Wildman–Crippen MR) is 110 cm³/mol. The highest BCUT2D eigenvalue weighted by atomic mass is 32.1. The van der Waals surface area contributed by atoms with Crippen molar-refractivity contribution in [2.75, 3.05) is 11.9 Å². The number of fused-ring (bicyclic) bond motifs is 1. The second-order valence-electron chi connectivity index (χ2n) is 6.13. The van der Waals surface area contributed by atoms with Gasteiger partial charge in [-0.3, -0.25) is 9.59 Å². The summed E-state index contributed by atoms with van der Waals surface area (Å²) < 4.78 is 5.94.